The van der Waals surface area contributed by atoms with Gasteiger partial charge in [-0.15, -0.1) is 11.3 Å². The van der Waals surface area contributed by atoms with Crippen LogP contribution in [-0.2, 0) is 6.54 Å². The summed E-state index contributed by atoms with van der Waals surface area (Å²) in [5.41, 5.74) is 0.841. The van der Waals surface area contributed by atoms with Crippen molar-refractivity contribution in [3.63, 3.8) is 0 Å². The zero-order valence-corrected chi connectivity index (χ0v) is 12.0. The summed E-state index contributed by atoms with van der Waals surface area (Å²) in [4.78, 5) is 18.3. The number of hydrogen-bond donors (Lipinski definition) is 2. The first-order valence-electron chi connectivity index (χ1n) is 6.52. The molecule has 1 unspecified atom stereocenters. The Hall–Kier alpha value is -2.02. The minimum atomic E-state index is -0.964. The zero-order valence-electron chi connectivity index (χ0n) is 11.1. The van der Waals surface area contributed by atoms with Crippen LogP contribution in [-0.4, -0.2) is 32.5 Å². The molecule has 1 atom stereocenters. The monoisotopic (exact) mass is 302 g/mol. The Morgan fingerprint density at radius 3 is 2.76 bits per heavy atom. The molecule has 0 aliphatic heterocycles. The Labute approximate surface area is 124 Å². The number of nitrogens with zero attached hydrogens (tertiary/aromatic N) is 2. The van der Waals surface area contributed by atoms with Crippen LogP contribution < -0.4 is 5.56 Å². The molecule has 2 aromatic heterocycles. The van der Waals surface area contributed by atoms with E-state index in [0.29, 0.717) is 10.2 Å². The SMILES string of the molecule is O=c1c2cc(-c3ccccc3)sc2ncn1CC(O)CO. The van der Waals surface area contributed by atoms with Crippen molar-refractivity contribution in [1.82, 2.24) is 9.55 Å². The van der Waals surface area contributed by atoms with Gasteiger partial charge in [-0.25, -0.2) is 4.98 Å². The van der Waals surface area contributed by atoms with Crippen LogP contribution in [0.1, 0.15) is 0 Å². The Bertz CT molecular complexity index is 811. The van der Waals surface area contributed by atoms with E-state index in [-0.39, 0.29) is 18.7 Å². The maximum absolute atomic E-state index is 12.4. The largest absolute Gasteiger partial charge is 0.394 e. The van der Waals surface area contributed by atoms with Gasteiger partial charge in [0, 0.05) is 4.88 Å². The molecule has 0 spiro atoms. The van der Waals surface area contributed by atoms with E-state index in [1.165, 1.54) is 22.2 Å². The molecule has 0 amide bonds. The molecule has 3 aromatic rings. The number of thiophene rings is 1. The third-order valence-electron chi connectivity index (χ3n) is 3.19. The van der Waals surface area contributed by atoms with Crippen LogP contribution in [0.5, 0.6) is 0 Å². The molecular weight excluding hydrogens is 288 g/mol. The molecule has 2 heterocycles. The highest BCUT2D eigenvalue weighted by Crippen LogP contribution is 2.30. The second-order valence-corrected chi connectivity index (χ2v) is 5.76. The molecule has 0 radical (unpaired) electrons. The number of hydrogen-bond acceptors (Lipinski definition) is 5. The van der Waals surface area contributed by atoms with Crippen molar-refractivity contribution in [2.24, 2.45) is 0 Å². The zero-order chi connectivity index (χ0) is 14.8. The van der Waals surface area contributed by atoms with Crippen molar-refractivity contribution in [3.05, 3.63) is 53.1 Å². The van der Waals surface area contributed by atoms with Crippen molar-refractivity contribution < 1.29 is 10.2 Å². The number of benzene rings is 1. The van der Waals surface area contributed by atoms with Gasteiger partial charge in [-0.2, -0.15) is 0 Å². The fourth-order valence-electron chi connectivity index (χ4n) is 2.12. The van der Waals surface area contributed by atoms with E-state index in [4.69, 9.17) is 5.11 Å². The minimum Gasteiger partial charge on any atom is -0.394 e. The van der Waals surface area contributed by atoms with Gasteiger partial charge in [0.2, 0.25) is 0 Å². The van der Waals surface area contributed by atoms with Gasteiger partial charge >= 0.3 is 0 Å². The van der Waals surface area contributed by atoms with Gasteiger partial charge in [0.05, 0.1) is 31.0 Å². The number of aromatic nitrogens is 2. The van der Waals surface area contributed by atoms with Crippen LogP contribution in [0, 0.1) is 0 Å². The average molecular weight is 302 g/mol. The molecule has 0 saturated carbocycles. The number of aliphatic hydroxyl groups excluding tert-OH is 2. The van der Waals surface area contributed by atoms with Crippen LogP contribution in [0.4, 0.5) is 0 Å². The summed E-state index contributed by atoms with van der Waals surface area (Å²) in [5, 5.41) is 18.9. The molecule has 0 bridgehead atoms. The molecule has 0 fully saturated rings. The van der Waals surface area contributed by atoms with Crippen molar-refractivity contribution >= 4 is 21.6 Å². The summed E-state index contributed by atoms with van der Waals surface area (Å²) in [6.07, 6.45) is 0.448. The first-order valence-corrected chi connectivity index (χ1v) is 7.34. The van der Waals surface area contributed by atoms with Gasteiger partial charge in [0.15, 0.2) is 0 Å². The standard InChI is InChI=1S/C15H14N2O3S/c18-8-11(19)7-17-9-16-14-12(15(17)20)6-13(21-14)10-4-2-1-3-5-10/h1-6,9,11,18-19H,7-8H2. The molecule has 0 aliphatic carbocycles. The van der Waals surface area contributed by atoms with Crippen molar-refractivity contribution in [3.8, 4) is 10.4 Å². The number of rotatable bonds is 4. The predicted molar refractivity (Wildman–Crippen MR) is 82.4 cm³/mol. The van der Waals surface area contributed by atoms with Crippen molar-refractivity contribution in [2.75, 3.05) is 6.61 Å². The minimum absolute atomic E-state index is 0.0365. The quantitative estimate of drug-likeness (QED) is 0.765. The molecule has 3 rings (SSSR count). The highest BCUT2D eigenvalue weighted by Gasteiger charge is 2.12. The van der Waals surface area contributed by atoms with E-state index in [0.717, 1.165) is 10.4 Å². The second kappa shape index (κ2) is 5.77. The van der Waals surface area contributed by atoms with Gasteiger partial charge in [0.1, 0.15) is 4.83 Å². The van der Waals surface area contributed by atoms with Gasteiger partial charge in [-0.1, -0.05) is 30.3 Å². The van der Waals surface area contributed by atoms with Crippen molar-refractivity contribution in [2.45, 2.75) is 12.6 Å². The van der Waals surface area contributed by atoms with E-state index < -0.39 is 6.10 Å². The third-order valence-corrected chi connectivity index (χ3v) is 4.29. The lowest BCUT2D eigenvalue weighted by Gasteiger charge is -2.08. The Kier molecular flexibility index (Phi) is 3.83. The smallest absolute Gasteiger partial charge is 0.262 e. The predicted octanol–water partition coefficient (Wildman–Crippen LogP) is 1.48. The molecule has 108 valence electrons. The lowest BCUT2D eigenvalue weighted by atomic mass is 10.2. The average Bonchev–Trinajstić information content (AvgIpc) is 2.96. The van der Waals surface area contributed by atoms with Gasteiger partial charge in [-0.3, -0.25) is 9.36 Å². The summed E-state index contributed by atoms with van der Waals surface area (Å²) >= 11 is 1.46. The first-order chi connectivity index (χ1) is 10.2. The van der Waals surface area contributed by atoms with Crippen LogP contribution in [0.2, 0.25) is 0 Å². The van der Waals surface area contributed by atoms with E-state index in [1.54, 1.807) is 0 Å². The summed E-state index contributed by atoms with van der Waals surface area (Å²) in [5.74, 6) is 0. The van der Waals surface area contributed by atoms with Crippen LogP contribution in [0.25, 0.3) is 20.7 Å². The molecule has 6 heteroatoms. The molecule has 21 heavy (non-hydrogen) atoms. The maximum Gasteiger partial charge on any atom is 0.262 e. The number of aliphatic hydroxyl groups is 2. The first kappa shape index (κ1) is 13.9. The molecule has 0 aliphatic rings. The summed E-state index contributed by atoms with van der Waals surface area (Å²) in [7, 11) is 0. The normalized spacial score (nSPS) is 12.7. The second-order valence-electron chi connectivity index (χ2n) is 4.73. The summed E-state index contributed by atoms with van der Waals surface area (Å²) in [6, 6.07) is 11.6. The fraction of sp³-hybridized carbons (Fsp3) is 0.200. The third kappa shape index (κ3) is 2.73. The van der Waals surface area contributed by atoms with Gasteiger partial charge in [0.25, 0.3) is 5.56 Å². The fourth-order valence-corrected chi connectivity index (χ4v) is 3.11. The van der Waals surface area contributed by atoms with E-state index in [1.807, 2.05) is 36.4 Å². The Morgan fingerprint density at radius 1 is 1.29 bits per heavy atom. The lowest BCUT2D eigenvalue weighted by molar-refractivity contribution is 0.0803. The molecule has 1 aromatic carbocycles. The highest BCUT2D eigenvalue weighted by molar-refractivity contribution is 7.21. The summed E-state index contributed by atoms with van der Waals surface area (Å²) < 4.78 is 1.32. The molecule has 5 nitrogen and oxygen atoms in total. The number of fused-ring (bicyclic) bond motifs is 1. The van der Waals surface area contributed by atoms with Crippen LogP contribution >= 0.6 is 11.3 Å². The van der Waals surface area contributed by atoms with E-state index >= 15 is 0 Å². The van der Waals surface area contributed by atoms with E-state index in [9.17, 15) is 9.90 Å². The lowest BCUT2D eigenvalue weighted by Crippen LogP contribution is -2.28. The Morgan fingerprint density at radius 2 is 2.05 bits per heavy atom. The Balaban J connectivity index is 2.06. The van der Waals surface area contributed by atoms with Crippen LogP contribution in [0.15, 0.2) is 47.5 Å². The van der Waals surface area contributed by atoms with Gasteiger partial charge < -0.3 is 10.2 Å². The van der Waals surface area contributed by atoms with E-state index in [2.05, 4.69) is 4.98 Å². The topological polar surface area (TPSA) is 75.4 Å². The maximum atomic E-state index is 12.4. The molecule has 2 N–H and O–H groups in total. The molecular formula is C15H14N2O3S. The highest BCUT2D eigenvalue weighted by atomic mass is 32.1. The molecule has 0 saturated heterocycles. The summed E-state index contributed by atoms with van der Waals surface area (Å²) in [6.45, 7) is -0.349. The van der Waals surface area contributed by atoms with Crippen LogP contribution in [0.3, 0.4) is 0 Å². The van der Waals surface area contributed by atoms with Crippen molar-refractivity contribution in [1.29, 1.82) is 0 Å². The van der Waals surface area contributed by atoms with Gasteiger partial charge in [-0.05, 0) is 11.6 Å².